The standard InChI is InChI=1S/C18H20FN3O3/c19-14-7-3-2-6-11(14)12-10-13(12)15(23)21-22-16(24)18(20-17(22)25)8-4-1-5-9-18/h2-3,6-7,12-13H,1,4-5,8-10H2,(H,20,25)(H,21,23). The zero-order valence-electron chi connectivity index (χ0n) is 13.8. The normalized spacial score (nSPS) is 27.3. The zero-order chi connectivity index (χ0) is 17.6. The molecule has 2 saturated carbocycles. The number of urea groups is 1. The van der Waals surface area contributed by atoms with E-state index in [-0.39, 0.29) is 17.6 Å². The summed E-state index contributed by atoms with van der Waals surface area (Å²) in [7, 11) is 0. The van der Waals surface area contributed by atoms with Crippen molar-refractivity contribution in [1.29, 1.82) is 0 Å². The maximum absolute atomic E-state index is 13.8. The molecule has 3 fully saturated rings. The van der Waals surface area contributed by atoms with Gasteiger partial charge in [-0.15, -0.1) is 0 Å². The molecule has 132 valence electrons. The fraction of sp³-hybridized carbons (Fsp3) is 0.500. The van der Waals surface area contributed by atoms with E-state index in [4.69, 9.17) is 0 Å². The van der Waals surface area contributed by atoms with Crippen molar-refractivity contribution in [2.75, 3.05) is 0 Å². The Kier molecular flexibility index (Phi) is 3.74. The smallest absolute Gasteiger partial charge is 0.322 e. The second-order valence-electron chi connectivity index (χ2n) is 7.16. The highest BCUT2D eigenvalue weighted by Gasteiger charge is 2.53. The fourth-order valence-corrected chi connectivity index (χ4v) is 4.01. The van der Waals surface area contributed by atoms with E-state index in [2.05, 4.69) is 10.7 Å². The summed E-state index contributed by atoms with van der Waals surface area (Å²) in [5, 5.41) is 3.56. The first kappa shape index (κ1) is 16.1. The Bertz CT molecular complexity index is 745. The van der Waals surface area contributed by atoms with Crippen molar-refractivity contribution >= 4 is 17.8 Å². The highest BCUT2D eigenvalue weighted by atomic mass is 19.1. The van der Waals surface area contributed by atoms with Gasteiger partial charge >= 0.3 is 6.03 Å². The number of carbonyl (C=O) groups is 3. The molecule has 0 radical (unpaired) electrons. The van der Waals surface area contributed by atoms with E-state index in [0.29, 0.717) is 24.8 Å². The Morgan fingerprint density at radius 1 is 1.20 bits per heavy atom. The van der Waals surface area contributed by atoms with E-state index in [1.54, 1.807) is 18.2 Å². The molecule has 1 aromatic carbocycles. The molecule has 1 saturated heterocycles. The minimum absolute atomic E-state index is 0.203. The molecule has 1 spiro atoms. The lowest BCUT2D eigenvalue weighted by Crippen LogP contribution is -2.51. The van der Waals surface area contributed by atoms with Crippen molar-refractivity contribution in [3.8, 4) is 0 Å². The zero-order valence-corrected chi connectivity index (χ0v) is 13.8. The molecule has 4 rings (SSSR count). The van der Waals surface area contributed by atoms with E-state index in [1.807, 2.05) is 0 Å². The molecule has 0 bridgehead atoms. The van der Waals surface area contributed by atoms with Crippen molar-refractivity contribution in [3.05, 3.63) is 35.6 Å². The minimum atomic E-state index is -0.864. The summed E-state index contributed by atoms with van der Waals surface area (Å²) < 4.78 is 13.8. The van der Waals surface area contributed by atoms with E-state index in [9.17, 15) is 18.8 Å². The Balaban J connectivity index is 1.43. The lowest BCUT2D eigenvalue weighted by Gasteiger charge is -2.30. The summed E-state index contributed by atoms with van der Waals surface area (Å²) in [6.45, 7) is 0. The van der Waals surface area contributed by atoms with Crippen LogP contribution in [0.3, 0.4) is 0 Å². The first-order valence-electron chi connectivity index (χ1n) is 8.73. The molecule has 2 N–H and O–H groups in total. The van der Waals surface area contributed by atoms with Gasteiger partial charge in [0.25, 0.3) is 5.91 Å². The first-order valence-corrected chi connectivity index (χ1v) is 8.73. The lowest BCUT2D eigenvalue weighted by atomic mass is 9.82. The number of rotatable bonds is 3. The molecular formula is C18H20FN3O3. The lowest BCUT2D eigenvalue weighted by molar-refractivity contribution is -0.140. The highest BCUT2D eigenvalue weighted by Crippen LogP contribution is 2.48. The largest absolute Gasteiger partial charge is 0.344 e. The van der Waals surface area contributed by atoms with Crippen molar-refractivity contribution in [2.24, 2.45) is 5.92 Å². The van der Waals surface area contributed by atoms with Gasteiger partial charge in [0.15, 0.2) is 0 Å². The molecule has 2 atom stereocenters. The number of amides is 4. The Hall–Kier alpha value is -2.44. The molecule has 0 aromatic heterocycles. The average molecular weight is 345 g/mol. The summed E-state index contributed by atoms with van der Waals surface area (Å²) >= 11 is 0. The number of imide groups is 1. The topological polar surface area (TPSA) is 78.5 Å². The van der Waals surface area contributed by atoms with Gasteiger partial charge in [0, 0.05) is 5.92 Å². The van der Waals surface area contributed by atoms with Gasteiger partial charge in [-0.2, -0.15) is 5.01 Å². The monoisotopic (exact) mass is 345 g/mol. The minimum Gasteiger partial charge on any atom is -0.322 e. The van der Waals surface area contributed by atoms with Crippen molar-refractivity contribution in [3.63, 3.8) is 0 Å². The predicted octanol–water partition coefficient (Wildman–Crippen LogP) is 2.22. The number of benzene rings is 1. The van der Waals surface area contributed by atoms with Crippen LogP contribution in [0.1, 0.15) is 50.0 Å². The molecular weight excluding hydrogens is 325 g/mol. The molecule has 1 heterocycles. The molecule has 6 nitrogen and oxygen atoms in total. The molecule has 1 aliphatic heterocycles. The first-order chi connectivity index (χ1) is 12.0. The van der Waals surface area contributed by atoms with E-state index < -0.39 is 23.4 Å². The van der Waals surface area contributed by atoms with Crippen LogP contribution in [-0.2, 0) is 9.59 Å². The van der Waals surface area contributed by atoms with Crippen LogP contribution in [0, 0.1) is 11.7 Å². The van der Waals surface area contributed by atoms with Gasteiger partial charge in [0.05, 0.1) is 0 Å². The van der Waals surface area contributed by atoms with E-state index in [0.717, 1.165) is 24.3 Å². The summed E-state index contributed by atoms with van der Waals surface area (Å²) in [6.07, 6.45) is 4.53. The van der Waals surface area contributed by atoms with Crippen LogP contribution in [0.4, 0.5) is 9.18 Å². The SMILES string of the molecule is O=C(NN1C(=O)NC2(CCCCC2)C1=O)C1CC1c1ccccc1F. The maximum Gasteiger partial charge on any atom is 0.344 e. The quantitative estimate of drug-likeness (QED) is 0.825. The van der Waals surface area contributed by atoms with Crippen LogP contribution in [0.25, 0.3) is 0 Å². The van der Waals surface area contributed by atoms with E-state index >= 15 is 0 Å². The molecule has 1 aromatic rings. The van der Waals surface area contributed by atoms with Crippen LogP contribution in [0.15, 0.2) is 24.3 Å². The third-order valence-electron chi connectivity index (χ3n) is 5.52. The van der Waals surface area contributed by atoms with Gasteiger partial charge in [-0.25, -0.2) is 9.18 Å². The molecule has 3 aliphatic rings. The van der Waals surface area contributed by atoms with Crippen LogP contribution in [-0.4, -0.2) is 28.4 Å². The summed E-state index contributed by atoms with van der Waals surface area (Å²) in [5.74, 6) is -1.75. The number of carbonyl (C=O) groups excluding carboxylic acids is 3. The number of hydrogen-bond acceptors (Lipinski definition) is 3. The predicted molar refractivity (Wildman–Crippen MR) is 86.6 cm³/mol. The van der Waals surface area contributed by atoms with Gasteiger partial charge in [0.1, 0.15) is 11.4 Å². The third-order valence-corrected chi connectivity index (χ3v) is 5.52. The summed E-state index contributed by atoms with van der Waals surface area (Å²) in [6, 6.07) is 5.79. The number of nitrogens with one attached hydrogen (secondary N) is 2. The summed E-state index contributed by atoms with van der Waals surface area (Å²) in [4.78, 5) is 37.2. The molecule has 2 unspecified atom stereocenters. The number of halogens is 1. The van der Waals surface area contributed by atoms with Gasteiger partial charge < -0.3 is 5.32 Å². The van der Waals surface area contributed by atoms with Crippen molar-refractivity contribution in [2.45, 2.75) is 50.0 Å². The van der Waals surface area contributed by atoms with E-state index in [1.165, 1.54) is 6.07 Å². The van der Waals surface area contributed by atoms with Crippen LogP contribution < -0.4 is 10.7 Å². The highest BCUT2D eigenvalue weighted by molar-refractivity contribution is 6.08. The molecule has 25 heavy (non-hydrogen) atoms. The second kappa shape index (κ2) is 5.82. The number of hydrazine groups is 1. The molecule has 4 amide bonds. The Labute approximate surface area is 144 Å². The maximum atomic E-state index is 13.8. The van der Waals surface area contributed by atoms with Gasteiger partial charge in [-0.05, 0) is 36.8 Å². The Morgan fingerprint density at radius 3 is 2.64 bits per heavy atom. The number of nitrogens with zero attached hydrogens (tertiary/aromatic N) is 1. The fourth-order valence-electron chi connectivity index (χ4n) is 4.01. The van der Waals surface area contributed by atoms with Crippen molar-refractivity contribution < 1.29 is 18.8 Å². The van der Waals surface area contributed by atoms with Gasteiger partial charge in [-0.3, -0.25) is 15.0 Å². The molecule has 7 heteroatoms. The molecule has 2 aliphatic carbocycles. The van der Waals surface area contributed by atoms with Gasteiger partial charge in [-0.1, -0.05) is 37.5 Å². The second-order valence-corrected chi connectivity index (χ2v) is 7.16. The number of hydrogen-bond donors (Lipinski definition) is 2. The third kappa shape index (κ3) is 2.67. The van der Waals surface area contributed by atoms with Gasteiger partial charge in [0.2, 0.25) is 5.91 Å². The summed E-state index contributed by atoms with van der Waals surface area (Å²) in [5.41, 5.74) is 2.08. The van der Waals surface area contributed by atoms with Crippen LogP contribution >= 0.6 is 0 Å². The Morgan fingerprint density at radius 2 is 1.92 bits per heavy atom. The van der Waals surface area contributed by atoms with Crippen LogP contribution in [0.2, 0.25) is 0 Å². The average Bonchev–Trinajstić information content (AvgIpc) is 3.36. The van der Waals surface area contributed by atoms with Crippen molar-refractivity contribution in [1.82, 2.24) is 15.8 Å². The van der Waals surface area contributed by atoms with Crippen LogP contribution in [0.5, 0.6) is 0 Å².